The van der Waals surface area contributed by atoms with E-state index in [4.69, 9.17) is 4.74 Å². The van der Waals surface area contributed by atoms with E-state index in [1.54, 1.807) is 16.7 Å². The lowest BCUT2D eigenvalue weighted by molar-refractivity contribution is -0.126. The van der Waals surface area contributed by atoms with Crippen molar-refractivity contribution in [3.05, 3.63) is 24.6 Å². The molecule has 0 bridgehead atoms. The minimum atomic E-state index is 0.175. The molecule has 0 spiro atoms. The molecule has 136 valence electrons. The summed E-state index contributed by atoms with van der Waals surface area (Å²) < 4.78 is 5.82. The highest BCUT2D eigenvalue weighted by Crippen LogP contribution is 2.30. The van der Waals surface area contributed by atoms with Gasteiger partial charge in [0.25, 0.3) is 0 Å². The molecule has 2 rings (SSSR count). The minimum Gasteiger partial charge on any atom is -0.385 e. The first-order chi connectivity index (χ1) is 11.5. The van der Waals surface area contributed by atoms with Crippen LogP contribution in [0.25, 0.3) is 0 Å². The number of ether oxygens (including phenoxy) is 1. The molecular weight excluding hydrogens is 320 g/mol. The molecule has 2 fully saturated rings. The Kier molecular flexibility index (Phi) is 7.69. The summed E-state index contributed by atoms with van der Waals surface area (Å²) >= 11 is 1.69. The van der Waals surface area contributed by atoms with Crippen molar-refractivity contribution in [3.63, 3.8) is 0 Å². The molecule has 1 amide bonds. The monoisotopic (exact) mass is 352 g/mol. The second-order valence-corrected chi connectivity index (χ2v) is 8.19. The van der Waals surface area contributed by atoms with E-state index in [-0.39, 0.29) is 11.2 Å². The molecule has 1 saturated carbocycles. The number of carbonyl (C=O) groups is 1. The van der Waals surface area contributed by atoms with E-state index in [1.807, 2.05) is 6.26 Å². The van der Waals surface area contributed by atoms with Crippen molar-refractivity contribution in [2.45, 2.75) is 44.3 Å². The third-order valence-electron chi connectivity index (χ3n) is 5.05. The van der Waals surface area contributed by atoms with Crippen LogP contribution < -0.4 is 5.32 Å². The van der Waals surface area contributed by atoms with Crippen LogP contribution in [0.2, 0.25) is 0 Å². The lowest BCUT2D eigenvalue weighted by Gasteiger charge is -2.26. The molecule has 2 aliphatic rings. The van der Waals surface area contributed by atoms with Gasteiger partial charge in [0.15, 0.2) is 0 Å². The molecule has 5 heteroatoms. The third kappa shape index (κ3) is 5.55. The van der Waals surface area contributed by atoms with Crippen molar-refractivity contribution in [3.8, 4) is 0 Å². The number of hydrogen-bond donors (Lipinski definition) is 1. The topological polar surface area (TPSA) is 41.6 Å². The predicted molar refractivity (Wildman–Crippen MR) is 102 cm³/mol. The molecule has 3 unspecified atom stereocenters. The average Bonchev–Trinajstić information content (AvgIpc) is 2.82. The van der Waals surface area contributed by atoms with Gasteiger partial charge >= 0.3 is 0 Å². The average molecular weight is 353 g/mol. The molecule has 0 aromatic rings. The summed E-state index contributed by atoms with van der Waals surface area (Å²) in [5, 5.41) is 3.51. The fourth-order valence-corrected chi connectivity index (χ4v) is 4.37. The zero-order valence-corrected chi connectivity index (χ0v) is 16.0. The van der Waals surface area contributed by atoms with Crippen LogP contribution >= 0.6 is 11.8 Å². The Balaban J connectivity index is 1.58. The number of hydrogen-bond acceptors (Lipinski definition) is 4. The third-order valence-corrected chi connectivity index (χ3v) is 6.06. The largest absolute Gasteiger partial charge is 0.385 e. The Labute approximate surface area is 151 Å². The SMILES string of the molecule is C=C(COCC1CCCC(C)C1)NCCN1C(=C)C(SC)CC1=O. The van der Waals surface area contributed by atoms with Crippen molar-refractivity contribution in [1.82, 2.24) is 10.2 Å². The van der Waals surface area contributed by atoms with Crippen LogP contribution in [0.4, 0.5) is 0 Å². The van der Waals surface area contributed by atoms with Gasteiger partial charge in [-0.1, -0.05) is 32.9 Å². The van der Waals surface area contributed by atoms with Crippen molar-refractivity contribution >= 4 is 17.7 Å². The van der Waals surface area contributed by atoms with E-state index in [1.165, 1.54) is 25.7 Å². The van der Waals surface area contributed by atoms with Gasteiger partial charge in [0.1, 0.15) is 0 Å². The van der Waals surface area contributed by atoms with Crippen molar-refractivity contribution in [1.29, 1.82) is 0 Å². The molecule has 1 aliphatic heterocycles. The smallest absolute Gasteiger partial charge is 0.228 e. The highest BCUT2D eigenvalue weighted by atomic mass is 32.2. The first-order valence-electron chi connectivity index (χ1n) is 9.02. The fraction of sp³-hybridized carbons (Fsp3) is 0.737. The fourth-order valence-electron chi connectivity index (χ4n) is 3.66. The normalized spacial score (nSPS) is 27.6. The number of likely N-dealkylation sites (tertiary alicyclic amines) is 1. The molecule has 3 atom stereocenters. The number of thioether (sulfide) groups is 1. The Hall–Kier alpha value is -0.940. The molecule has 1 heterocycles. The van der Waals surface area contributed by atoms with Crippen LogP contribution in [0.3, 0.4) is 0 Å². The number of nitrogens with zero attached hydrogens (tertiary/aromatic N) is 1. The Morgan fingerprint density at radius 3 is 2.92 bits per heavy atom. The van der Waals surface area contributed by atoms with E-state index < -0.39 is 0 Å². The Morgan fingerprint density at radius 2 is 2.25 bits per heavy atom. The summed E-state index contributed by atoms with van der Waals surface area (Å²) in [6, 6.07) is 0. The van der Waals surface area contributed by atoms with Gasteiger partial charge in [-0.05, 0) is 30.9 Å². The maximum atomic E-state index is 12.0. The molecule has 1 aliphatic carbocycles. The van der Waals surface area contributed by atoms with Gasteiger partial charge in [0.2, 0.25) is 5.91 Å². The van der Waals surface area contributed by atoms with Crippen LogP contribution in [0.5, 0.6) is 0 Å². The summed E-state index contributed by atoms with van der Waals surface area (Å²) in [6.45, 7) is 13.1. The Morgan fingerprint density at radius 1 is 1.46 bits per heavy atom. The van der Waals surface area contributed by atoms with E-state index in [2.05, 4.69) is 25.4 Å². The zero-order valence-electron chi connectivity index (χ0n) is 15.2. The highest BCUT2D eigenvalue weighted by molar-refractivity contribution is 7.99. The van der Waals surface area contributed by atoms with Crippen LogP contribution in [0.1, 0.15) is 39.0 Å². The lowest BCUT2D eigenvalue weighted by atomic mass is 9.83. The highest BCUT2D eigenvalue weighted by Gasteiger charge is 2.32. The summed E-state index contributed by atoms with van der Waals surface area (Å²) in [6.07, 6.45) is 7.87. The first kappa shape index (κ1) is 19.4. The summed E-state index contributed by atoms with van der Waals surface area (Å²) in [5.41, 5.74) is 1.82. The predicted octanol–water partition coefficient (Wildman–Crippen LogP) is 3.41. The maximum Gasteiger partial charge on any atom is 0.228 e. The number of carbonyl (C=O) groups excluding carboxylic acids is 1. The molecule has 24 heavy (non-hydrogen) atoms. The zero-order chi connectivity index (χ0) is 17.5. The van der Waals surface area contributed by atoms with E-state index >= 15 is 0 Å². The van der Waals surface area contributed by atoms with Gasteiger partial charge < -0.3 is 15.0 Å². The van der Waals surface area contributed by atoms with Gasteiger partial charge in [0.05, 0.1) is 11.9 Å². The summed E-state index contributed by atoms with van der Waals surface area (Å²) in [7, 11) is 0. The number of nitrogens with one attached hydrogen (secondary N) is 1. The van der Waals surface area contributed by atoms with Gasteiger partial charge in [-0.3, -0.25) is 4.79 Å². The maximum absolute atomic E-state index is 12.0. The molecule has 0 aromatic carbocycles. The molecular formula is C19H32N2O2S. The van der Waals surface area contributed by atoms with E-state index in [9.17, 15) is 4.79 Å². The quantitative estimate of drug-likeness (QED) is 0.690. The van der Waals surface area contributed by atoms with Gasteiger partial charge in [-0.2, -0.15) is 11.8 Å². The van der Waals surface area contributed by atoms with Crippen LogP contribution in [-0.4, -0.2) is 48.6 Å². The van der Waals surface area contributed by atoms with Gasteiger partial charge in [-0.25, -0.2) is 0 Å². The van der Waals surface area contributed by atoms with Gasteiger partial charge in [-0.15, -0.1) is 0 Å². The van der Waals surface area contributed by atoms with Crippen LogP contribution in [-0.2, 0) is 9.53 Å². The Bertz CT molecular complexity index is 466. The van der Waals surface area contributed by atoms with Crippen molar-refractivity contribution < 1.29 is 9.53 Å². The first-order valence-corrected chi connectivity index (χ1v) is 10.3. The summed E-state index contributed by atoms with van der Waals surface area (Å²) in [5.74, 6) is 1.72. The van der Waals surface area contributed by atoms with Gasteiger partial charge in [0, 0.05) is 37.5 Å². The van der Waals surface area contributed by atoms with Crippen LogP contribution in [0.15, 0.2) is 24.6 Å². The second-order valence-electron chi connectivity index (χ2n) is 7.15. The second kappa shape index (κ2) is 9.52. The molecule has 0 radical (unpaired) electrons. The molecule has 4 nitrogen and oxygen atoms in total. The van der Waals surface area contributed by atoms with Crippen molar-refractivity contribution in [2.75, 3.05) is 32.6 Å². The number of rotatable bonds is 9. The standard InChI is InChI=1S/C19H32N2O2S/c1-14-6-5-7-17(10-14)13-23-12-15(2)20-8-9-21-16(3)18(24-4)11-19(21)22/h14,17-18,20H,2-3,5-13H2,1,4H3. The van der Waals surface area contributed by atoms with E-state index in [0.29, 0.717) is 32.0 Å². The minimum absolute atomic E-state index is 0.175. The lowest BCUT2D eigenvalue weighted by Crippen LogP contribution is -2.32. The molecule has 1 saturated heterocycles. The van der Waals surface area contributed by atoms with Crippen molar-refractivity contribution in [2.24, 2.45) is 11.8 Å². The number of amides is 1. The van der Waals surface area contributed by atoms with Crippen LogP contribution in [0, 0.1) is 11.8 Å². The molecule has 0 aromatic heterocycles. The molecule has 1 N–H and O–H groups in total. The summed E-state index contributed by atoms with van der Waals surface area (Å²) in [4.78, 5) is 13.8. The van der Waals surface area contributed by atoms with E-state index in [0.717, 1.165) is 23.9 Å².